The lowest BCUT2D eigenvalue weighted by Crippen LogP contribution is -2.36. The summed E-state index contributed by atoms with van der Waals surface area (Å²) in [4.78, 5) is 3.76. The van der Waals surface area contributed by atoms with Crippen LogP contribution in [-0.4, -0.2) is 17.6 Å². The van der Waals surface area contributed by atoms with E-state index in [2.05, 4.69) is 40.7 Å². The topological polar surface area (TPSA) is 39.9 Å². The lowest BCUT2D eigenvalue weighted by molar-refractivity contribution is 0.318. The van der Waals surface area contributed by atoms with Gasteiger partial charge in [-0.3, -0.25) is 0 Å². The number of benzene rings is 1. The predicted molar refractivity (Wildman–Crippen MR) is 101 cm³/mol. The number of aromatic nitrogens is 1. The fourth-order valence-corrected chi connectivity index (χ4v) is 4.61. The summed E-state index contributed by atoms with van der Waals surface area (Å²) in [7, 11) is 0. The van der Waals surface area contributed by atoms with Crippen LogP contribution in [0.1, 0.15) is 74.7 Å². The molecule has 2 aliphatic carbocycles. The van der Waals surface area contributed by atoms with Crippen LogP contribution in [0.4, 0.5) is 0 Å². The highest BCUT2D eigenvalue weighted by atomic mass is 15.0. The van der Waals surface area contributed by atoms with Gasteiger partial charge in [-0.2, -0.15) is 0 Å². The van der Waals surface area contributed by atoms with Gasteiger partial charge < -0.3 is 15.6 Å². The fraction of sp³-hybridized carbons (Fsp3) is 0.619. The highest BCUT2D eigenvalue weighted by molar-refractivity contribution is 5.85. The Bertz CT molecular complexity index is 682. The van der Waals surface area contributed by atoms with Crippen molar-refractivity contribution in [2.24, 2.45) is 0 Å². The molecule has 24 heavy (non-hydrogen) atoms. The Kier molecular flexibility index (Phi) is 4.91. The van der Waals surface area contributed by atoms with Gasteiger partial charge >= 0.3 is 0 Å². The molecule has 2 aromatic rings. The number of nitrogens with one attached hydrogen (secondary N) is 3. The first-order chi connectivity index (χ1) is 11.8. The average Bonchev–Trinajstić information content (AvgIpc) is 3.00. The van der Waals surface area contributed by atoms with Gasteiger partial charge in [0.25, 0.3) is 0 Å². The molecule has 1 unspecified atom stereocenters. The minimum atomic E-state index is 0.529. The molecule has 1 fully saturated rings. The third-order valence-corrected chi connectivity index (χ3v) is 5.89. The van der Waals surface area contributed by atoms with Crippen molar-refractivity contribution in [1.29, 1.82) is 0 Å². The van der Waals surface area contributed by atoms with E-state index in [1.165, 1.54) is 73.5 Å². The molecule has 0 aliphatic heterocycles. The second kappa shape index (κ2) is 7.28. The van der Waals surface area contributed by atoms with Crippen LogP contribution in [-0.2, 0) is 13.0 Å². The van der Waals surface area contributed by atoms with Crippen molar-refractivity contribution in [1.82, 2.24) is 15.6 Å². The van der Waals surface area contributed by atoms with E-state index in [0.717, 1.165) is 19.1 Å². The van der Waals surface area contributed by atoms with Crippen LogP contribution >= 0.6 is 0 Å². The second-order valence-electron chi connectivity index (χ2n) is 7.62. The fourth-order valence-electron chi connectivity index (χ4n) is 4.61. The highest BCUT2D eigenvalue weighted by Gasteiger charge is 2.26. The molecule has 130 valence electrons. The van der Waals surface area contributed by atoms with Gasteiger partial charge in [-0.15, -0.1) is 0 Å². The normalized spacial score (nSPS) is 22.0. The molecule has 3 N–H and O–H groups in total. The van der Waals surface area contributed by atoms with Crippen LogP contribution in [0.25, 0.3) is 10.9 Å². The second-order valence-corrected chi connectivity index (χ2v) is 7.62. The molecule has 1 saturated carbocycles. The van der Waals surface area contributed by atoms with E-state index in [-0.39, 0.29) is 0 Å². The smallest absolute Gasteiger partial charge is 0.0478 e. The first-order valence-electron chi connectivity index (χ1n) is 9.95. The Hall–Kier alpha value is -1.32. The molecule has 0 saturated heterocycles. The van der Waals surface area contributed by atoms with E-state index in [4.69, 9.17) is 0 Å². The zero-order chi connectivity index (χ0) is 16.4. The first kappa shape index (κ1) is 16.2. The number of rotatable bonds is 5. The maximum absolute atomic E-state index is 3.98. The van der Waals surface area contributed by atoms with Crippen molar-refractivity contribution in [3.63, 3.8) is 0 Å². The molecule has 2 aliphatic rings. The monoisotopic (exact) mass is 325 g/mol. The molecule has 1 aromatic heterocycles. The molecule has 0 spiro atoms. The first-order valence-corrected chi connectivity index (χ1v) is 9.95. The van der Waals surface area contributed by atoms with Gasteiger partial charge in [0.1, 0.15) is 0 Å². The van der Waals surface area contributed by atoms with Crippen molar-refractivity contribution in [2.75, 3.05) is 6.54 Å². The minimum Gasteiger partial charge on any atom is -0.357 e. The van der Waals surface area contributed by atoms with E-state index in [1.807, 2.05) is 0 Å². The third kappa shape index (κ3) is 3.25. The Balaban J connectivity index is 1.59. The molecule has 1 heterocycles. The quantitative estimate of drug-likeness (QED) is 0.753. The summed E-state index contributed by atoms with van der Waals surface area (Å²) in [5.41, 5.74) is 5.76. The summed E-state index contributed by atoms with van der Waals surface area (Å²) in [5.74, 6) is 0. The van der Waals surface area contributed by atoms with E-state index in [9.17, 15) is 0 Å². The van der Waals surface area contributed by atoms with Crippen LogP contribution in [0.3, 0.4) is 0 Å². The summed E-state index contributed by atoms with van der Waals surface area (Å²) in [6.07, 6.45) is 10.8. The van der Waals surface area contributed by atoms with E-state index in [0.29, 0.717) is 6.04 Å². The molecule has 3 heteroatoms. The average molecular weight is 326 g/mol. The number of hydrogen-bond acceptors (Lipinski definition) is 2. The number of H-pyrrole nitrogens is 1. The standard InChI is InChI=1S/C21H31N3/c1-2-22-14-15-11-12-19-18(13-15)17-9-6-10-20(21(17)24-19)23-16-7-4-3-5-8-16/h11-13,16,20,22-24H,2-10,14H2,1H3. The maximum atomic E-state index is 3.98. The van der Waals surface area contributed by atoms with Crippen molar-refractivity contribution in [2.45, 2.75) is 76.9 Å². The Labute approximate surface area is 145 Å². The number of aromatic amines is 1. The van der Waals surface area contributed by atoms with Gasteiger partial charge in [0.05, 0.1) is 0 Å². The van der Waals surface area contributed by atoms with Crippen molar-refractivity contribution >= 4 is 10.9 Å². The van der Waals surface area contributed by atoms with Crippen LogP contribution < -0.4 is 10.6 Å². The zero-order valence-electron chi connectivity index (χ0n) is 15.0. The van der Waals surface area contributed by atoms with Crippen molar-refractivity contribution < 1.29 is 0 Å². The Morgan fingerprint density at radius 1 is 1.08 bits per heavy atom. The summed E-state index contributed by atoms with van der Waals surface area (Å²) in [6, 6.07) is 8.19. The molecule has 0 bridgehead atoms. The zero-order valence-corrected chi connectivity index (χ0v) is 15.0. The molecule has 1 aromatic carbocycles. The molecule has 4 rings (SSSR count). The van der Waals surface area contributed by atoms with Crippen molar-refractivity contribution in [3.8, 4) is 0 Å². The highest BCUT2D eigenvalue weighted by Crippen LogP contribution is 2.36. The molecular formula is C21H31N3. The van der Waals surface area contributed by atoms with Gasteiger partial charge in [-0.25, -0.2) is 0 Å². The molecule has 1 atom stereocenters. The summed E-state index contributed by atoms with van der Waals surface area (Å²) >= 11 is 0. The lowest BCUT2D eigenvalue weighted by atomic mass is 9.89. The van der Waals surface area contributed by atoms with E-state index < -0.39 is 0 Å². The summed E-state index contributed by atoms with van der Waals surface area (Å²) < 4.78 is 0. The van der Waals surface area contributed by atoms with Gasteiger partial charge in [0.15, 0.2) is 0 Å². The molecule has 3 nitrogen and oxygen atoms in total. The SMILES string of the molecule is CCNCc1ccc2[nH]c3c(c2c1)CCCC3NC1CCCCC1. The lowest BCUT2D eigenvalue weighted by Gasteiger charge is -2.31. The van der Waals surface area contributed by atoms with Crippen LogP contribution in [0, 0.1) is 0 Å². The Morgan fingerprint density at radius 2 is 1.96 bits per heavy atom. The minimum absolute atomic E-state index is 0.529. The van der Waals surface area contributed by atoms with Gasteiger partial charge in [-0.1, -0.05) is 32.3 Å². The molecule has 0 amide bonds. The summed E-state index contributed by atoms with van der Waals surface area (Å²) in [5, 5.41) is 8.88. The van der Waals surface area contributed by atoms with Crippen LogP contribution in [0.2, 0.25) is 0 Å². The van der Waals surface area contributed by atoms with E-state index >= 15 is 0 Å². The molecular weight excluding hydrogens is 294 g/mol. The Morgan fingerprint density at radius 3 is 2.79 bits per heavy atom. The molecule has 0 radical (unpaired) electrons. The van der Waals surface area contributed by atoms with Crippen LogP contribution in [0.5, 0.6) is 0 Å². The number of hydrogen-bond donors (Lipinski definition) is 3. The number of fused-ring (bicyclic) bond motifs is 3. The third-order valence-electron chi connectivity index (χ3n) is 5.89. The summed E-state index contributed by atoms with van der Waals surface area (Å²) in [6.45, 7) is 4.16. The number of aryl methyl sites for hydroxylation is 1. The van der Waals surface area contributed by atoms with Gasteiger partial charge in [0, 0.05) is 35.2 Å². The maximum Gasteiger partial charge on any atom is 0.0478 e. The predicted octanol–water partition coefficient (Wildman–Crippen LogP) is 4.58. The van der Waals surface area contributed by atoms with E-state index in [1.54, 1.807) is 5.56 Å². The van der Waals surface area contributed by atoms with Crippen molar-refractivity contribution in [3.05, 3.63) is 35.0 Å². The van der Waals surface area contributed by atoms with Gasteiger partial charge in [0.2, 0.25) is 0 Å². The van der Waals surface area contributed by atoms with Crippen LogP contribution in [0.15, 0.2) is 18.2 Å². The van der Waals surface area contributed by atoms with Gasteiger partial charge in [-0.05, 0) is 61.9 Å². The largest absolute Gasteiger partial charge is 0.357 e.